The summed E-state index contributed by atoms with van der Waals surface area (Å²) in [7, 11) is 2.22. The number of carbonyl (C=O) groups is 1. The largest absolute Gasteiger partial charge is 0.464 e. The number of esters is 1. The van der Waals surface area contributed by atoms with Gasteiger partial charge in [-0.15, -0.1) is 0 Å². The highest BCUT2D eigenvalue weighted by Crippen LogP contribution is 2.31. The Bertz CT molecular complexity index is 1240. The molecular weight excluding hydrogens is 437 g/mol. The van der Waals surface area contributed by atoms with E-state index >= 15 is 0 Å². The number of ether oxygens (including phenoxy) is 1. The first-order chi connectivity index (χ1) is 14.4. The average molecular weight is 455 g/mol. The Morgan fingerprint density at radius 3 is 2.55 bits per heavy atom. The number of nitrogens with zero attached hydrogens (tertiary/aromatic N) is 3. The van der Waals surface area contributed by atoms with Crippen molar-refractivity contribution >= 4 is 34.2 Å². The lowest BCUT2D eigenvalue weighted by Gasteiger charge is -2.20. The summed E-state index contributed by atoms with van der Waals surface area (Å²) in [4.78, 5) is 32.4. The van der Waals surface area contributed by atoms with E-state index in [-0.39, 0.29) is 27.4 Å². The third kappa shape index (κ3) is 4.34. The number of halogens is 4. The van der Waals surface area contributed by atoms with E-state index in [9.17, 15) is 22.8 Å². The normalized spacial score (nSPS) is 12.6. The van der Waals surface area contributed by atoms with Crippen molar-refractivity contribution in [2.45, 2.75) is 26.1 Å². The standard InChI is InChI=1S/C20H18ClF3N4O3/c1-9-7-11(10(2)25-13-5-6-14(21)26-16(13)18(30)31-4)15-12(8-9)17(29)28(3)19(27-15)20(22,23)24/h5-8,10,25H,1-4H3. The first-order valence-corrected chi connectivity index (χ1v) is 9.41. The summed E-state index contributed by atoms with van der Waals surface area (Å²) < 4.78 is 45.5. The highest BCUT2D eigenvalue weighted by atomic mass is 35.5. The average Bonchev–Trinajstić information content (AvgIpc) is 2.70. The highest BCUT2D eigenvalue weighted by molar-refractivity contribution is 6.29. The van der Waals surface area contributed by atoms with Crippen molar-refractivity contribution in [3.8, 4) is 0 Å². The van der Waals surface area contributed by atoms with E-state index in [4.69, 9.17) is 16.3 Å². The molecule has 1 atom stereocenters. The maximum Gasteiger partial charge on any atom is 0.449 e. The van der Waals surface area contributed by atoms with Crippen LogP contribution in [-0.2, 0) is 18.0 Å². The van der Waals surface area contributed by atoms with Crippen molar-refractivity contribution < 1.29 is 22.7 Å². The summed E-state index contributed by atoms with van der Waals surface area (Å²) in [5, 5.41) is 3.15. The van der Waals surface area contributed by atoms with E-state index < -0.39 is 29.6 Å². The Morgan fingerprint density at radius 1 is 1.26 bits per heavy atom. The molecule has 0 radical (unpaired) electrons. The SMILES string of the molecule is COC(=O)c1nc(Cl)ccc1NC(C)c1cc(C)cc2c(=O)n(C)c(C(F)(F)F)nc12. The van der Waals surface area contributed by atoms with Gasteiger partial charge in [-0.25, -0.2) is 14.8 Å². The second-order valence-corrected chi connectivity index (χ2v) is 7.32. The van der Waals surface area contributed by atoms with Crippen molar-refractivity contribution in [2.24, 2.45) is 7.05 Å². The number of methoxy groups -OCH3 is 1. The van der Waals surface area contributed by atoms with E-state index in [0.29, 0.717) is 15.7 Å². The molecule has 31 heavy (non-hydrogen) atoms. The number of anilines is 1. The number of hydrogen-bond acceptors (Lipinski definition) is 6. The lowest BCUT2D eigenvalue weighted by atomic mass is 10.0. The smallest absolute Gasteiger partial charge is 0.449 e. The highest BCUT2D eigenvalue weighted by Gasteiger charge is 2.37. The van der Waals surface area contributed by atoms with Gasteiger partial charge in [0.05, 0.1) is 29.7 Å². The molecule has 2 aromatic heterocycles. The minimum atomic E-state index is -4.81. The molecule has 0 fully saturated rings. The molecule has 0 saturated heterocycles. The van der Waals surface area contributed by atoms with Crippen LogP contribution in [0.3, 0.4) is 0 Å². The number of aromatic nitrogens is 3. The summed E-state index contributed by atoms with van der Waals surface area (Å²) in [6.45, 7) is 3.38. The van der Waals surface area contributed by atoms with Gasteiger partial charge in [0.2, 0.25) is 5.82 Å². The second kappa shape index (κ2) is 8.18. The Balaban J connectivity index is 2.18. The Kier molecular flexibility index (Phi) is 5.95. The molecule has 0 spiro atoms. The molecule has 3 rings (SSSR count). The summed E-state index contributed by atoms with van der Waals surface area (Å²) >= 11 is 5.86. The molecule has 3 aromatic rings. The monoisotopic (exact) mass is 454 g/mol. The number of rotatable bonds is 4. The molecule has 11 heteroatoms. The van der Waals surface area contributed by atoms with Gasteiger partial charge in [0.1, 0.15) is 5.15 Å². The number of fused-ring (bicyclic) bond motifs is 1. The molecule has 0 bridgehead atoms. The van der Waals surface area contributed by atoms with Crippen molar-refractivity contribution in [1.29, 1.82) is 0 Å². The lowest BCUT2D eigenvalue weighted by molar-refractivity contribution is -0.147. The van der Waals surface area contributed by atoms with Gasteiger partial charge in [0.15, 0.2) is 5.69 Å². The van der Waals surface area contributed by atoms with Crippen LogP contribution in [0.1, 0.15) is 40.4 Å². The van der Waals surface area contributed by atoms with Gasteiger partial charge in [0.25, 0.3) is 5.56 Å². The topological polar surface area (TPSA) is 86.1 Å². The molecule has 0 aliphatic carbocycles. The Hall–Kier alpha value is -3.14. The van der Waals surface area contributed by atoms with E-state index in [1.165, 1.54) is 25.3 Å². The van der Waals surface area contributed by atoms with Gasteiger partial charge in [-0.3, -0.25) is 9.36 Å². The summed E-state index contributed by atoms with van der Waals surface area (Å²) in [5.41, 5.74) is 0.304. The first-order valence-electron chi connectivity index (χ1n) is 9.04. The maximum atomic E-state index is 13.4. The van der Waals surface area contributed by atoms with Crippen LogP contribution in [0.2, 0.25) is 5.15 Å². The third-order valence-electron chi connectivity index (χ3n) is 4.69. The molecule has 1 unspecified atom stereocenters. The van der Waals surface area contributed by atoms with Crippen molar-refractivity contribution in [1.82, 2.24) is 14.5 Å². The molecule has 7 nitrogen and oxygen atoms in total. The van der Waals surface area contributed by atoms with Crippen LogP contribution in [-0.4, -0.2) is 27.6 Å². The molecule has 164 valence electrons. The third-order valence-corrected chi connectivity index (χ3v) is 4.90. The molecule has 0 saturated carbocycles. The zero-order valence-corrected chi connectivity index (χ0v) is 17.7. The van der Waals surface area contributed by atoms with Gasteiger partial charge in [-0.1, -0.05) is 17.7 Å². The molecule has 0 amide bonds. The van der Waals surface area contributed by atoms with Gasteiger partial charge < -0.3 is 10.1 Å². The Morgan fingerprint density at radius 2 is 1.94 bits per heavy atom. The molecule has 1 N–H and O–H groups in total. The predicted octanol–water partition coefficient (Wildman–Crippen LogP) is 4.27. The predicted molar refractivity (Wildman–Crippen MR) is 109 cm³/mol. The zero-order chi connectivity index (χ0) is 23.1. The fraction of sp³-hybridized carbons (Fsp3) is 0.300. The number of nitrogens with one attached hydrogen (secondary N) is 1. The quantitative estimate of drug-likeness (QED) is 0.468. The van der Waals surface area contributed by atoms with E-state index in [0.717, 1.165) is 7.05 Å². The number of alkyl halides is 3. The Labute approximate surface area is 179 Å². The van der Waals surface area contributed by atoms with Gasteiger partial charge in [-0.2, -0.15) is 13.2 Å². The summed E-state index contributed by atoms with van der Waals surface area (Å²) in [5.74, 6) is -2.04. The zero-order valence-electron chi connectivity index (χ0n) is 17.0. The fourth-order valence-corrected chi connectivity index (χ4v) is 3.40. The summed E-state index contributed by atoms with van der Waals surface area (Å²) in [6.07, 6.45) is -4.81. The first kappa shape index (κ1) is 22.5. The molecule has 2 heterocycles. The van der Waals surface area contributed by atoms with Gasteiger partial charge >= 0.3 is 12.1 Å². The van der Waals surface area contributed by atoms with E-state index in [1.807, 2.05) is 0 Å². The second-order valence-electron chi connectivity index (χ2n) is 6.94. The van der Waals surface area contributed by atoms with Crippen LogP contribution in [0.5, 0.6) is 0 Å². The van der Waals surface area contributed by atoms with Gasteiger partial charge in [-0.05, 0) is 37.6 Å². The van der Waals surface area contributed by atoms with E-state index in [2.05, 4.69) is 15.3 Å². The van der Waals surface area contributed by atoms with Crippen LogP contribution >= 0.6 is 11.6 Å². The minimum absolute atomic E-state index is 0.0570. The van der Waals surface area contributed by atoms with Crippen LogP contribution in [0, 0.1) is 6.92 Å². The summed E-state index contributed by atoms with van der Waals surface area (Å²) in [6, 6.07) is 5.43. The van der Waals surface area contributed by atoms with Crippen LogP contribution in [0.15, 0.2) is 29.1 Å². The van der Waals surface area contributed by atoms with Crippen molar-refractivity contribution in [2.75, 3.05) is 12.4 Å². The molecule has 0 aliphatic rings. The number of hydrogen-bond donors (Lipinski definition) is 1. The number of aryl methyl sites for hydroxylation is 1. The van der Waals surface area contributed by atoms with Crippen molar-refractivity contribution in [3.05, 3.63) is 62.4 Å². The van der Waals surface area contributed by atoms with E-state index in [1.54, 1.807) is 19.9 Å². The van der Waals surface area contributed by atoms with Crippen LogP contribution < -0.4 is 10.9 Å². The lowest BCUT2D eigenvalue weighted by Crippen LogP contribution is -2.28. The van der Waals surface area contributed by atoms with Crippen LogP contribution in [0.4, 0.5) is 18.9 Å². The maximum absolute atomic E-state index is 13.4. The van der Waals surface area contributed by atoms with Crippen molar-refractivity contribution in [3.63, 3.8) is 0 Å². The minimum Gasteiger partial charge on any atom is -0.464 e. The number of benzene rings is 1. The molecule has 1 aromatic carbocycles. The number of pyridine rings is 1. The number of carbonyl (C=O) groups excluding carboxylic acids is 1. The molecule has 0 aliphatic heterocycles. The fourth-order valence-electron chi connectivity index (χ4n) is 3.25. The molecular formula is C20H18ClF3N4O3. The van der Waals surface area contributed by atoms with Gasteiger partial charge in [0, 0.05) is 12.6 Å². The van der Waals surface area contributed by atoms with Crippen LogP contribution in [0.25, 0.3) is 10.9 Å².